The maximum Gasteiger partial charge on any atom is 1.00 e. The summed E-state index contributed by atoms with van der Waals surface area (Å²) in [5, 5.41) is 11.4. The summed E-state index contributed by atoms with van der Waals surface area (Å²) in [7, 11) is -4.30. The van der Waals surface area contributed by atoms with E-state index in [-0.39, 0.29) is 59.9 Å². The third-order valence-corrected chi connectivity index (χ3v) is 6.17. The Hall–Kier alpha value is -0.750. The van der Waals surface area contributed by atoms with Gasteiger partial charge in [0.2, 0.25) is 0 Å². The molecule has 0 radical (unpaired) electrons. The topological polar surface area (TPSA) is 128 Å². The molecule has 1 aliphatic heterocycles. The second-order valence-electron chi connectivity index (χ2n) is 8.13. The predicted octanol–water partition coefficient (Wildman–Crippen LogP) is 1.86. The summed E-state index contributed by atoms with van der Waals surface area (Å²) in [5.41, 5.74) is 0.139. The Morgan fingerprint density at radius 2 is 1.76 bits per heavy atom. The van der Waals surface area contributed by atoms with Gasteiger partial charge in [-0.2, -0.15) is 0 Å². The Balaban J connectivity index is 0.00000544. The molecule has 1 saturated heterocycles. The Morgan fingerprint density at radius 1 is 1.09 bits per heavy atom. The van der Waals surface area contributed by atoms with Crippen LogP contribution in [0.3, 0.4) is 0 Å². The van der Waals surface area contributed by atoms with E-state index in [1.165, 1.54) is 56.7 Å². The van der Waals surface area contributed by atoms with Crippen LogP contribution in [0.1, 0.15) is 83.0 Å². The van der Waals surface area contributed by atoms with Gasteiger partial charge >= 0.3 is 29.6 Å². The van der Waals surface area contributed by atoms with Crippen LogP contribution in [0.5, 0.6) is 5.75 Å². The molecule has 11 heteroatoms. The van der Waals surface area contributed by atoms with Gasteiger partial charge in [-0.05, 0) is 25.0 Å². The monoisotopic (exact) mass is 495 g/mol. The number of nitro groups is 1. The Bertz CT molecular complexity index is 821. The van der Waals surface area contributed by atoms with E-state index >= 15 is 0 Å². The molecule has 0 aliphatic carbocycles. The van der Waals surface area contributed by atoms with Crippen molar-refractivity contribution in [2.45, 2.75) is 83.5 Å². The third kappa shape index (κ3) is 12.0. The van der Waals surface area contributed by atoms with E-state index in [0.29, 0.717) is 12.4 Å². The van der Waals surface area contributed by atoms with Gasteiger partial charge in [0.25, 0.3) is 5.69 Å². The van der Waals surface area contributed by atoms with Gasteiger partial charge in [-0.3, -0.25) is 10.1 Å². The van der Waals surface area contributed by atoms with Gasteiger partial charge in [-0.25, -0.2) is 8.42 Å². The van der Waals surface area contributed by atoms with Crippen LogP contribution in [-0.2, 0) is 19.6 Å². The first kappa shape index (κ1) is 30.3. The van der Waals surface area contributed by atoms with Crippen LogP contribution >= 0.6 is 0 Å². The minimum absolute atomic E-state index is 0. The fourth-order valence-corrected chi connectivity index (χ4v) is 4.14. The van der Waals surface area contributed by atoms with Crippen molar-refractivity contribution in [2.24, 2.45) is 0 Å². The molecule has 0 bridgehead atoms. The van der Waals surface area contributed by atoms with Crippen molar-refractivity contribution in [3.8, 4) is 5.75 Å². The number of benzene rings is 1. The number of nitrogens with zero attached hydrogens (tertiary/aromatic N) is 1. The first-order chi connectivity index (χ1) is 15.3. The van der Waals surface area contributed by atoms with Crippen LogP contribution in [0, 0.1) is 10.1 Å². The maximum atomic E-state index is 11.4. The summed E-state index contributed by atoms with van der Waals surface area (Å²) in [6, 6.07) is 4.22. The van der Waals surface area contributed by atoms with Gasteiger partial charge in [0.1, 0.15) is 5.75 Å². The van der Waals surface area contributed by atoms with Gasteiger partial charge in [-0.1, -0.05) is 58.3 Å². The summed E-state index contributed by atoms with van der Waals surface area (Å²) in [6.07, 6.45) is 9.70. The Kier molecular flexibility index (Phi) is 14.7. The summed E-state index contributed by atoms with van der Waals surface area (Å²) in [4.78, 5) is 10.9. The zero-order valence-corrected chi connectivity index (χ0v) is 22.5. The predicted molar refractivity (Wildman–Crippen MR) is 119 cm³/mol. The van der Waals surface area contributed by atoms with E-state index in [4.69, 9.17) is 14.2 Å². The van der Waals surface area contributed by atoms with Gasteiger partial charge in [-0.15, -0.1) is 0 Å². The van der Waals surface area contributed by atoms with E-state index in [9.17, 15) is 23.1 Å². The summed E-state index contributed by atoms with van der Waals surface area (Å²) in [6.45, 7) is 2.59. The summed E-state index contributed by atoms with van der Waals surface area (Å²) in [5.74, 6) is -0.199. The minimum atomic E-state index is -4.30. The molecule has 2 rings (SSSR count). The van der Waals surface area contributed by atoms with Gasteiger partial charge < -0.3 is 18.8 Å². The number of ether oxygens (including phenoxy) is 3. The average molecular weight is 496 g/mol. The SMILES string of the molecule is CCCCCCCCCCC1COC(c2cc(OCCCS(=O)(=O)[O-])ccc2[N+](=O)[O-])O1.[Na+]. The van der Waals surface area contributed by atoms with Crippen molar-refractivity contribution < 1.29 is 61.7 Å². The number of rotatable bonds is 16. The van der Waals surface area contributed by atoms with Gasteiger partial charge in [0.05, 0.1) is 39.9 Å². The molecule has 0 saturated carbocycles. The largest absolute Gasteiger partial charge is 1.00 e. The summed E-state index contributed by atoms with van der Waals surface area (Å²) < 4.78 is 49.1. The second kappa shape index (κ2) is 16.0. The van der Waals surface area contributed by atoms with E-state index in [0.717, 1.165) is 19.3 Å². The molecule has 33 heavy (non-hydrogen) atoms. The van der Waals surface area contributed by atoms with Crippen LogP contribution in [0.4, 0.5) is 5.69 Å². The Morgan fingerprint density at radius 3 is 2.39 bits per heavy atom. The zero-order valence-electron chi connectivity index (χ0n) is 19.7. The Labute approximate surface area is 218 Å². The zero-order chi connectivity index (χ0) is 23.4. The summed E-state index contributed by atoms with van der Waals surface area (Å²) >= 11 is 0. The van der Waals surface area contributed by atoms with Crippen LogP contribution in [-0.4, -0.2) is 43.0 Å². The molecule has 0 amide bonds. The van der Waals surface area contributed by atoms with Crippen LogP contribution in [0.2, 0.25) is 0 Å². The van der Waals surface area contributed by atoms with Crippen molar-refractivity contribution in [1.29, 1.82) is 0 Å². The molecule has 1 heterocycles. The van der Waals surface area contributed by atoms with Crippen molar-refractivity contribution in [3.63, 3.8) is 0 Å². The normalized spacial score (nSPS) is 18.1. The third-order valence-electron chi connectivity index (χ3n) is 5.39. The number of nitro benzene ring substituents is 1. The van der Waals surface area contributed by atoms with Crippen molar-refractivity contribution in [2.75, 3.05) is 19.0 Å². The minimum Gasteiger partial charge on any atom is -0.748 e. The quantitative estimate of drug-likeness (QED) is 0.112. The molecule has 0 N–H and O–H groups in total. The van der Waals surface area contributed by atoms with Crippen molar-refractivity contribution >= 4 is 15.8 Å². The average Bonchev–Trinajstić information content (AvgIpc) is 3.21. The van der Waals surface area contributed by atoms with Crippen molar-refractivity contribution in [1.82, 2.24) is 0 Å². The molecule has 1 fully saturated rings. The number of unbranched alkanes of at least 4 members (excludes halogenated alkanes) is 7. The van der Waals surface area contributed by atoms with Gasteiger partial charge in [0.15, 0.2) is 6.29 Å². The molecular formula is C22H34NNaO8S. The first-order valence-electron chi connectivity index (χ1n) is 11.4. The van der Waals surface area contributed by atoms with E-state index in [1.54, 1.807) is 0 Å². The fourth-order valence-electron chi connectivity index (χ4n) is 3.67. The molecule has 9 nitrogen and oxygen atoms in total. The van der Waals surface area contributed by atoms with E-state index in [1.807, 2.05) is 0 Å². The first-order valence-corrected chi connectivity index (χ1v) is 13.0. The molecule has 182 valence electrons. The standard InChI is InChI=1S/C22H35NO8S.Na/c1-2-3-4-5-6-7-8-9-11-19-17-30-22(31-19)20-16-18(12-13-21(20)23(24)25)29-14-10-15-32(26,27)28;/h12-13,16,19,22H,2-11,14-15,17H2,1H3,(H,26,27,28);/q;+1/p-1. The number of hydrogen-bond acceptors (Lipinski definition) is 8. The molecule has 1 aromatic carbocycles. The molecule has 1 aromatic rings. The van der Waals surface area contributed by atoms with Crippen molar-refractivity contribution in [3.05, 3.63) is 33.9 Å². The van der Waals surface area contributed by atoms with Crippen LogP contribution in [0.25, 0.3) is 0 Å². The van der Waals surface area contributed by atoms with Crippen LogP contribution in [0.15, 0.2) is 18.2 Å². The molecule has 0 spiro atoms. The van der Waals surface area contributed by atoms with E-state index in [2.05, 4.69) is 6.92 Å². The van der Waals surface area contributed by atoms with Crippen LogP contribution < -0.4 is 34.3 Å². The molecule has 0 aromatic heterocycles. The molecule has 2 unspecified atom stereocenters. The molecule has 2 atom stereocenters. The van der Waals surface area contributed by atoms with E-state index < -0.39 is 27.1 Å². The smallest absolute Gasteiger partial charge is 0.748 e. The second-order valence-corrected chi connectivity index (χ2v) is 9.65. The number of hydrogen-bond donors (Lipinski definition) is 0. The molecular weight excluding hydrogens is 461 g/mol. The fraction of sp³-hybridized carbons (Fsp3) is 0.727. The van der Waals surface area contributed by atoms with Gasteiger partial charge in [0, 0.05) is 11.8 Å². The maximum absolute atomic E-state index is 11.4. The molecule has 1 aliphatic rings.